The molecule has 4 rings (SSSR count). The summed E-state index contributed by atoms with van der Waals surface area (Å²) >= 11 is 0. The summed E-state index contributed by atoms with van der Waals surface area (Å²) in [4.78, 5) is 29.4. The van der Waals surface area contributed by atoms with E-state index >= 15 is 0 Å². The number of carbonyl (C=O) groups excluding carboxylic acids is 2. The normalized spacial score (nSPS) is 17.9. The minimum atomic E-state index is -0.432. The molecule has 146 valence electrons. The molecule has 1 saturated heterocycles. The van der Waals surface area contributed by atoms with Gasteiger partial charge in [-0.05, 0) is 29.8 Å². The molecule has 0 bridgehead atoms. The number of nitrogens with zero attached hydrogens (tertiary/aromatic N) is 2. The molecule has 6 nitrogen and oxygen atoms in total. The molecule has 1 N–H and O–H groups in total. The van der Waals surface area contributed by atoms with Crippen LogP contribution >= 0.6 is 0 Å². The molecule has 2 amide bonds. The molecular formula is C22H25N3O3. The second kappa shape index (κ2) is 7.19. The third kappa shape index (κ3) is 3.19. The molecule has 2 aliphatic rings. The Morgan fingerprint density at radius 2 is 1.89 bits per heavy atom. The van der Waals surface area contributed by atoms with Gasteiger partial charge in [0, 0.05) is 33.0 Å². The van der Waals surface area contributed by atoms with E-state index in [1.54, 1.807) is 7.11 Å². The van der Waals surface area contributed by atoms with Crippen LogP contribution in [0.1, 0.15) is 28.8 Å². The molecule has 0 atom stereocenters. The first-order valence-corrected chi connectivity index (χ1v) is 9.58. The Labute approximate surface area is 165 Å². The van der Waals surface area contributed by atoms with Crippen LogP contribution in [-0.2, 0) is 11.2 Å². The molecule has 6 heteroatoms. The fourth-order valence-corrected chi connectivity index (χ4v) is 4.21. The Balaban J connectivity index is 1.44. The molecule has 0 radical (unpaired) electrons. The minimum Gasteiger partial charge on any atom is -0.497 e. The number of ether oxygens (including phenoxy) is 1. The molecule has 28 heavy (non-hydrogen) atoms. The van der Waals surface area contributed by atoms with E-state index in [-0.39, 0.29) is 11.8 Å². The van der Waals surface area contributed by atoms with E-state index in [1.807, 2.05) is 60.5 Å². The number of para-hydroxylation sites is 1. The average Bonchev–Trinajstić information content (AvgIpc) is 2.73. The number of amides is 2. The van der Waals surface area contributed by atoms with Crippen LogP contribution in [0.4, 0.5) is 5.69 Å². The van der Waals surface area contributed by atoms with Crippen LogP contribution in [0.2, 0.25) is 0 Å². The maximum Gasteiger partial charge on any atom is 0.255 e. The Morgan fingerprint density at radius 1 is 1.14 bits per heavy atom. The van der Waals surface area contributed by atoms with Gasteiger partial charge < -0.3 is 19.9 Å². The van der Waals surface area contributed by atoms with Crippen molar-refractivity contribution in [1.29, 1.82) is 0 Å². The van der Waals surface area contributed by atoms with Gasteiger partial charge in [0.15, 0.2) is 0 Å². The van der Waals surface area contributed by atoms with Gasteiger partial charge in [0.2, 0.25) is 5.91 Å². The van der Waals surface area contributed by atoms with Gasteiger partial charge in [-0.1, -0.05) is 24.3 Å². The summed E-state index contributed by atoms with van der Waals surface area (Å²) in [6, 6.07) is 15.3. The Morgan fingerprint density at radius 3 is 2.64 bits per heavy atom. The molecule has 0 aromatic heterocycles. The number of fused-ring (bicyclic) bond motifs is 1. The topological polar surface area (TPSA) is 61.9 Å². The number of piperidine rings is 1. The average molecular weight is 379 g/mol. The molecule has 1 fully saturated rings. The first-order chi connectivity index (χ1) is 13.5. The molecule has 2 heterocycles. The van der Waals surface area contributed by atoms with E-state index in [1.165, 1.54) is 0 Å². The highest BCUT2D eigenvalue weighted by atomic mass is 16.5. The van der Waals surface area contributed by atoms with Crippen molar-refractivity contribution < 1.29 is 14.3 Å². The molecule has 2 aromatic carbocycles. The second-order valence-electron chi connectivity index (χ2n) is 7.47. The maximum atomic E-state index is 12.8. The summed E-state index contributed by atoms with van der Waals surface area (Å²) in [5.74, 6) is 0.825. The summed E-state index contributed by atoms with van der Waals surface area (Å²) in [5, 5.41) is 3.19. The Kier molecular flexibility index (Phi) is 4.71. The van der Waals surface area contributed by atoms with Crippen LogP contribution in [0.5, 0.6) is 5.75 Å². The van der Waals surface area contributed by atoms with Crippen LogP contribution in [0.15, 0.2) is 48.5 Å². The highest BCUT2D eigenvalue weighted by Gasteiger charge is 2.44. The van der Waals surface area contributed by atoms with Gasteiger partial charge in [-0.2, -0.15) is 0 Å². The number of anilines is 1. The summed E-state index contributed by atoms with van der Waals surface area (Å²) in [5.41, 5.74) is 2.16. The van der Waals surface area contributed by atoms with Crippen LogP contribution < -0.4 is 15.0 Å². The largest absolute Gasteiger partial charge is 0.497 e. The number of nitrogens with one attached hydrogen (secondary N) is 1. The SMILES string of the molecule is COc1cccc(CC(=O)N2CCC3(CC2)NC(=O)c2ccccc2N3C)c1. The molecule has 0 saturated carbocycles. The lowest BCUT2D eigenvalue weighted by atomic mass is 9.90. The quantitative estimate of drug-likeness (QED) is 0.890. The molecule has 1 spiro atoms. The van der Waals surface area contributed by atoms with Crippen molar-refractivity contribution in [1.82, 2.24) is 10.2 Å². The first-order valence-electron chi connectivity index (χ1n) is 9.58. The number of hydrogen-bond acceptors (Lipinski definition) is 4. The maximum absolute atomic E-state index is 12.8. The van der Waals surface area contributed by atoms with E-state index in [9.17, 15) is 9.59 Å². The predicted octanol–water partition coefficient (Wildman–Crippen LogP) is 2.44. The lowest BCUT2D eigenvalue weighted by molar-refractivity contribution is -0.132. The summed E-state index contributed by atoms with van der Waals surface area (Å²) in [6.45, 7) is 1.24. The lowest BCUT2D eigenvalue weighted by Crippen LogP contribution is -2.67. The number of likely N-dealkylation sites (tertiary alicyclic amines) is 1. The summed E-state index contributed by atoms with van der Waals surface area (Å²) < 4.78 is 5.24. The van der Waals surface area contributed by atoms with E-state index in [0.29, 0.717) is 37.9 Å². The molecule has 0 unspecified atom stereocenters. The van der Waals surface area contributed by atoms with E-state index in [2.05, 4.69) is 10.2 Å². The van der Waals surface area contributed by atoms with Crippen molar-refractivity contribution in [3.8, 4) is 5.75 Å². The second-order valence-corrected chi connectivity index (χ2v) is 7.47. The van der Waals surface area contributed by atoms with Crippen molar-refractivity contribution in [2.24, 2.45) is 0 Å². The smallest absolute Gasteiger partial charge is 0.255 e. The third-order valence-electron chi connectivity index (χ3n) is 5.93. The number of rotatable bonds is 3. The van der Waals surface area contributed by atoms with Crippen molar-refractivity contribution in [3.05, 3.63) is 59.7 Å². The highest BCUT2D eigenvalue weighted by Crippen LogP contribution is 2.36. The fraction of sp³-hybridized carbons (Fsp3) is 0.364. The highest BCUT2D eigenvalue weighted by molar-refractivity contribution is 6.02. The van der Waals surface area contributed by atoms with Gasteiger partial charge in [0.25, 0.3) is 5.91 Å². The van der Waals surface area contributed by atoms with E-state index < -0.39 is 5.66 Å². The number of methoxy groups -OCH3 is 1. The number of carbonyl (C=O) groups is 2. The first kappa shape index (κ1) is 18.3. The summed E-state index contributed by atoms with van der Waals surface area (Å²) in [7, 11) is 3.64. The predicted molar refractivity (Wildman–Crippen MR) is 108 cm³/mol. The van der Waals surface area contributed by atoms with Crippen molar-refractivity contribution in [2.75, 3.05) is 32.1 Å². The zero-order valence-corrected chi connectivity index (χ0v) is 16.3. The zero-order valence-electron chi connectivity index (χ0n) is 16.3. The molecule has 2 aromatic rings. The Hall–Kier alpha value is -3.02. The number of hydrogen-bond donors (Lipinski definition) is 1. The lowest BCUT2D eigenvalue weighted by Gasteiger charge is -2.51. The van der Waals surface area contributed by atoms with Crippen LogP contribution in [-0.4, -0.2) is 49.6 Å². The monoisotopic (exact) mass is 379 g/mol. The van der Waals surface area contributed by atoms with Gasteiger partial charge in [-0.15, -0.1) is 0 Å². The van der Waals surface area contributed by atoms with Crippen molar-refractivity contribution >= 4 is 17.5 Å². The van der Waals surface area contributed by atoms with Crippen molar-refractivity contribution in [2.45, 2.75) is 24.9 Å². The van der Waals surface area contributed by atoms with Gasteiger partial charge in [0.1, 0.15) is 11.4 Å². The van der Waals surface area contributed by atoms with Gasteiger partial charge in [-0.25, -0.2) is 0 Å². The van der Waals surface area contributed by atoms with Crippen LogP contribution in [0.25, 0.3) is 0 Å². The van der Waals surface area contributed by atoms with Gasteiger partial charge >= 0.3 is 0 Å². The zero-order chi connectivity index (χ0) is 19.7. The van der Waals surface area contributed by atoms with Crippen LogP contribution in [0.3, 0.4) is 0 Å². The van der Waals surface area contributed by atoms with Gasteiger partial charge in [-0.3, -0.25) is 9.59 Å². The number of benzene rings is 2. The molecule has 0 aliphatic carbocycles. The van der Waals surface area contributed by atoms with Gasteiger partial charge in [0.05, 0.1) is 24.8 Å². The minimum absolute atomic E-state index is 0.0372. The fourth-order valence-electron chi connectivity index (χ4n) is 4.21. The molecular weight excluding hydrogens is 354 g/mol. The third-order valence-corrected chi connectivity index (χ3v) is 5.93. The Bertz CT molecular complexity index is 903. The van der Waals surface area contributed by atoms with Crippen molar-refractivity contribution in [3.63, 3.8) is 0 Å². The van der Waals surface area contributed by atoms with E-state index in [0.717, 1.165) is 17.0 Å². The van der Waals surface area contributed by atoms with Crippen LogP contribution in [0, 0.1) is 0 Å². The summed E-state index contributed by atoms with van der Waals surface area (Å²) in [6.07, 6.45) is 1.76. The standard InChI is InChI=1S/C22H25N3O3/c1-24-19-9-4-3-8-18(19)21(27)23-22(24)10-12-25(13-11-22)20(26)15-16-6-5-7-17(14-16)28-2/h3-9,14H,10-13,15H2,1-2H3,(H,23,27). The van der Waals surface area contributed by atoms with E-state index in [4.69, 9.17) is 4.74 Å². The molecule has 2 aliphatic heterocycles.